The summed E-state index contributed by atoms with van der Waals surface area (Å²) in [5, 5.41) is 15.0. The van der Waals surface area contributed by atoms with Crippen LogP contribution in [0.3, 0.4) is 0 Å². The topological polar surface area (TPSA) is 98.5 Å². The first-order valence-electron chi connectivity index (χ1n) is 10.3. The SMILES string of the molecule is Cc1cnc(CNC(=O)c2cc(-c3ccc(Cl)cc3F)cc(-n3nnnc3C(C)C)c2)cn1. The van der Waals surface area contributed by atoms with Crippen molar-refractivity contribution < 1.29 is 9.18 Å². The lowest BCUT2D eigenvalue weighted by molar-refractivity contribution is 0.0950. The summed E-state index contributed by atoms with van der Waals surface area (Å²) in [7, 11) is 0. The van der Waals surface area contributed by atoms with Crippen molar-refractivity contribution in [1.82, 2.24) is 35.5 Å². The first-order chi connectivity index (χ1) is 15.8. The highest BCUT2D eigenvalue weighted by atomic mass is 35.5. The highest BCUT2D eigenvalue weighted by Crippen LogP contribution is 2.29. The third-order valence-corrected chi connectivity index (χ3v) is 5.18. The van der Waals surface area contributed by atoms with Crippen LogP contribution in [0.1, 0.15) is 47.3 Å². The van der Waals surface area contributed by atoms with Crippen molar-refractivity contribution in [1.29, 1.82) is 0 Å². The van der Waals surface area contributed by atoms with Gasteiger partial charge in [-0.3, -0.25) is 14.8 Å². The summed E-state index contributed by atoms with van der Waals surface area (Å²) in [5.74, 6) is -0.200. The van der Waals surface area contributed by atoms with Gasteiger partial charge in [0.2, 0.25) is 0 Å². The molecule has 4 rings (SSSR count). The van der Waals surface area contributed by atoms with Crippen molar-refractivity contribution in [3.8, 4) is 16.8 Å². The molecule has 0 radical (unpaired) electrons. The Labute approximate surface area is 194 Å². The van der Waals surface area contributed by atoms with Gasteiger partial charge in [-0.25, -0.2) is 4.39 Å². The normalized spacial score (nSPS) is 11.1. The van der Waals surface area contributed by atoms with Crippen molar-refractivity contribution in [3.05, 3.63) is 82.4 Å². The van der Waals surface area contributed by atoms with E-state index >= 15 is 0 Å². The average molecular weight is 466 g/mol. The first-order valence-corrected chi connectivity index (χ1v) is 10.6. The van der Waals surface area contributed by atoms with Gasteiger partial charge < -0.3 is 5.32 Å². The molecule has 2 heterocycles. The number of hydrogen-bond acceptors (Lipinski definition) is 6. The minimum absolute atomic E-state index is 0.0355. The van der Waals surface area contributed by atoms with Gasteiger partial charge in [0.15, 0.2) is 5.82 Å². The van der Waals surface area contributed by atoms with Crippen LogP contribution in [0.4, 0.5) is 4.39 Å². The van der Waals surface area contributed by atoms with Crippen molar-refractivity contribution >= 4 is 17.5 Å². The number of halogens is 2. The molecule has 0 fully saturated rings. The van der Waals surface area contributed by atoms with Gasteiger partial charge in [-0.15, -0.1) is 5.10 Å². The zero-order valence-corrected chi connectivity index (χ0v) is 19.0. The quantitative estimate of drug-likeness (QED) is 0.456. The van der Waals surface area contributed by atoms with Crippen LogP contribution in [-0.4, -0.2) is 36.1 Å². The predicted octanol–water partition coefficient (Wildman–Crippen LogP) is 4.27. The molecule has 0 aliphatic heterocycles. The summed E-state index contributed by atoms with van der Waals surface area (Å²) in [6.07, 6.45) is 3.24. The molecule has 168 valence electrons. The molecule has 1 amide bonds. The zero-order chi connectivity index (χ0) is 23.5. The number of tetrazole rings is 1. The van der Waals surface area contributed by atoms with E-state index in [-0.39, 0.29) is 23.4 Å². The molecular formula is C23H21ClFN7O. The molecule has 8 nitrogen and oxygen atoms in total. The second-order valence-corrected chi connectivity index (χ2v) is 8.26. The van der Waals surface area contributed by atoms with Crippen LogP contribution in [0.15, 0.2) is 48.8 Å². The summed E-state index contributed by atoms with van der Waals surface area (Å²) in [6, 6.07) is 9.41. The van der Waals surface area contributed by atoms with E-state index in [0.717, 1.165) is 5.69 Å². The second-order valence-electron chi connectivity index (χ2n) is 7.83. The van der Waals surface area contributed by atoms with Crippen LogP contribution >= 0.6 is 11.6 Å². The van der Waals surface area contributed by atoms with Gasteiger partial charge in [0.1, 0.15) is 5.82 Å². The third-order valence-electron chi connectivity index (χ3n) is 4.94. The smallest absolute Gasteiger partial charge is 0.251 e. The fourth-order valence-electron chi connectivity index (χ4n) is 3.27. The molecule has 0 spiro atoms. The van der Waals surface area contributed by atoms with Crippen LogP contribution in [0, 0.1) is 12.7 Å². The number of nitrogens with one attached hydrogen (secondary N) is 1. The lowest BCUT2D eigenvalue weighted by Crippen LogP contribution is -2.23. The van der Waals surface area contributed by atoms with Gasteiger partial charge in [0.25, 0.3) is 5.91 Å². The summed E-state index contributed by atoms with van der Waals surface area (Å²) < 4.78 is 16.3. The Hall–Kier alpha value is -3.72. The number of aromatic nitrogens is 6. The zero-order valence-electron chi connectivity index (χ0n) is 18.3. The molecule has 10 heteroatoms. The number of carbonyl (C=O) groups excluding carboxylic acids is 1. The lowest BCUT2D eigenvalue weighted by Gasteiger charge is -2.13. The average Bonchev–Trinajstić information content (AvgIpc) is 3.29. The van der Waals surface area contributed by atoms with E-state index in [1.165, 1.54) is 6.07 Å². The van der Waals surface area contributed by atoms with Crippen molar-refractivity contribution in [2.45, 2.75) is 33.2 Å². The van der Waals surface area contributed by atoms with Crippen molar-refractivity contribution in [2.24, 2.45) is 0 Å². The number of nitrogens with zero attached hydrogens (tertiary/aromatic N) is 6. The van der Waals surface area contributed by atoms with Crippen LogP contribution in [0.25, 0.3) is 16.8 Å². The fourth-order valence-corrected chi connectivity index (χ4v) is 3.42. The van der Waals surface area contributed by atoms with E-state index in [1.807, 2.05) is 20.8 Å². The number of aryl methyl sites for hydroxylation is 1. The molecule has 0 aliphatic rings. The van der Waals surface area contributed by atoms with Gasteiger partial charge in [-0.1, -0.05) is 25.4 Å². The minimum Gasteiger partial charge on any atom is -0.346 e. The highest BCUT2D eigenvalue weighted by Gasteiger charge is 2.17. The fraction of sp³-hybridized carbons (Fsp3) is 0.217. The Morgan fingerprint density at radius 3 is 2.67 bits per heavy atom. The van der Waals surface area contributed by atoms with Crippen molar-refractivity contribution in [2.75, 3.05) is 0 Å². The maximum absolute atomic E-state index is 14.7. The third kappa shape index (κ3) is 5.04. The molecule has 0 aliphatic carbocycles. The Morgan fingerprint density at radius 2 is 1.97 bits per heavy atom. The van der Waals surface area contributed by atoms with Gasteiger partial charge in [0, 0.05) is 28.3 Å². The largest absolute Gasteiger partial charge is 0.346 e. The van der Waals surface area contributed by atoms with E-state index in [1.54, 1.807) is 47.4 Å². The first kappa shape index (κ1) is 22.5. The summed E-state index contributed by atoms with van der Waals surface area (Å²) >= 11 is 5.92. The van der Waals surface area contributed by atoms with Gasteiger partial charge >= 0.3 is 0 Å². The van der Waals surface area contributed by atoms with Crippen LogP contribution in [0.2, 0.25) is 5.02 Å². The van der Waals surface area contributed by atoms with E-state index in [4.69, 9.17) is 11.6 Å². The molecule has 1 N–H and O–H groups in total. The molecule has 0 atom stereocenters. The number of carbonyl (C=O) groups is 1. The molecular weight excluding hydrogens is 445 g/mol. The Kier molecular flexibility index (Phi) is 6.41. The summed E-state index contributed by atoms with van der Waals surface area (Å²) in [6.45, 7) is 5.95. The summed E-state index contributed by atoms with van der Waals surface area (Å²) in [4.78, 5) is 21.4. The molecule has 2 aromatic heterocycles. The second kappa shape index (κ2) is 9.41. The maximum Gasteiger partial charge on any atom is 0.251 e. The van der Waals surface area contributed by atoms with Crippen LogP contribution in [-0.2, 0) is 6.54 Å². The predicted molar refractivity (Wildman–Crippen MR) is 122 cm³/mol. The van der Waals surface area contributed by atoms with Crippen molar-refractivity contribution in [3.63, 3.8) is 0 Å². The number of amides is 1. The number of hydrogen-bond donors (Lipinski definition) is 1. The Balaban J connectivity index is 1.74. The molecule has 0 saturated heterocycles. The molecule has 0 saturated carbocycles. The molecule has 0 bridgehead atoms. The highest BCUT2D eigenvalue weighted by molar-refractivity contribution is 6.30. The maximum atomic E-state index is 14.7. The number of rotatable bonds is 6. The molecule has 2 aromatic carbocycles. The van der Waals surface area contributed by atoms with Crippen LogP contribution in [0.5, 0.6) is 0 Å². The monoisotopic (exact) mass is 465 g/mol. The van der Waals surface area contributed by atoms with E-state index in [0.29, 0.717) is 33.9 Å². The van der Waals surface area contributed by atoms with Gasteiger partial charge in [0.05, 0.1) is 29.8 Å². The van der Waals surface area contributed by atoms with E-state index < -0.39 is 5.82 Å². The van der Waals surface area contributed by atoms with E-state index in [2.05, 4.69) is 30.8 Å². The Bertz CT molecular complexity index is 1300. The number of benzene rings is 2. The van der Waals surface area contributed by atoms with E-state index in [9.17, 15) is 9.18 Å². The van der Waals surface area contributed by atoms with Crippen LogP contribution < -0.4 is 5.32 Å². The van der Waals surface area contributed by atoms with Gasteiger partial charge in [-0.05, 0) is 59.3 Å². The minimum atomic E-state index is -0.498. The summed E-state index contributed by atoms with van der Waals surface area (Å²) in [5.41, 5.74) is 3.07. The molecule has 0 unspecified atom stereocenters. The molecule has 4 aromatic rings. The lowest BCUT2D eigenvalue weighted by atomic mass is 10.0. The van der Waals surface area contributed by atoms with Gasteiger partial charge in [-0.2, -0.15) is 4.68 Å². The Morgan fingerprint density at radius 1 is 1.15 bits per heavy atom. The standard InChI is InChI=1S/C23H21ClFN7O/c1-13(2)22-29-30-31-32(22)19-7-15(20-5-4-17(24)9-21(20)25)6-16(8-19)23(33)28-12-18-11-26-14(3)10-27-18/h4-11,13H,12H2,1-3H3,(H,28,33). The molecule has 33 heavy (non-hydrogen) atoms.